The maximum atomic E-state index is 11.7. The highest BCUT2D eigenvalue weighted by molar-refractivity contribution is 5.85. The molecule has 0 atom stereocenters. The number of phenolic OH excluding ortho intramolecular Hbond substituents is 2. The number of aromatic hydroxyl groups is 2. The van der Waals surface area contributed by atoms with Crippen molar-refractivity contribution in [2.45, 2.75) is 13.3 Å². The first-order valence-corrected chi connectivity index (χ1v) is 6.44. The van der Waals surface area contributed by atoms with E-state index in [0.29, 0.717) is 5.56 Å². The zero-order valence-electron chi connectivity index (χ0n) is 11.6. The fraction of sp³-hybridized carbons (Fsp3) is 0.125. The summed E-state index contributed by atoms with van der Waals surface area (Å²) in [6.45, 7) is 1.98. The van der Waals surface area contributed by atoms with E-state index >= 15 is 0 Å². The second-order valence-corrected chi connectivity index (χ2v) is 4.70. The third kappa shape index (κ3) is 4.35. The van der Waals surface area contributed by atoms with Gasteiger partial charge in [0.2, 0.25) is 5.91 Å². The number of hydrogen-bond donors (Lipinski definition) is 3. The smallest absolute Gasteiger partial charge is 0.244 e. The monoisotopic (exact) mass is 284 g/mol. The molecule has 3 N–H and O–H groups in total. The topological polar surface area (TPSA) is 81.9 Å². The molecule has 0 bridgehead atoms. The van der Waals surface area contributed by atoms with Crippen LogP contribution in [0.25, 0.3) is 0 Å². The van der Waals surface area contributed by atoms with Gasteiger partial charge in [0.25, 0.3) is 0 Å². The Morgan fingerprint density at radius 2 is 1.90 bits per heavy atom. The van der Waals surface area contributed by atoms with E-state index in [1.165, 1.54) is 24.4 Å². The fourth-order valence-corrected chi connectivity index (χ4v) is 1.75. The molecule has 2 rings (SSSR count). The van der Waals surface area contributed by atoms with Crippen molar-refractivity contribution < 1.29 is 15.0 Å². The number of rotatable bonds is 4. The van der Waals surface area contributed by atoms with Gasteiger partial charge < -0.3 is 10.2 Å². The zero-order chi connectivity index (χ0) is 15.2. The van der Waals surface area contributed by atoms with Crippen LogP contribution in [0, 0.1) is 6.92 Å². The van der Waals surface area contributed by atoms with Crippen molar-refractivity contribution in [2.75, 3.05) is 0 Å². The molecule has 5 heteroatoms. The van der Waals surface area contributed by atoms with E-state index in [0.717, 1.165) is 11.1 Å². The van der Waals surface area contributed by atoms with Crippen LogP contribution in [0.4, 0.5) is 0 Å². The Morgan fingerprint density at radius 1 is 1.19 bits per heavy atom. The van der Waals surface area contributed by atoms with Gasteiger partial charge in [0.05, 0.1) is 12.6 Å². The van der Waals surface area contributed by atoms with E-state index in [1.54, 1.807) is 0 Å². The third-order valence-corrected chi connectivity index (χ3v) is 2.89. The van der Waals surface area contributed by atoms with Crippen LogP contribution in [0.1, 0.15) is 16.7 Å². The van der Waals surface area contributed by atoms with Crippen LogP contribution in [0.2, 0.25) is 0 Å². The molecule has 21 heavy (non-hydrogen) atoms. The van der Waals surface area contributed by atoms with Gasteiger partial charge in [0.15, 0.2) is 0 Å². The molecule has 1 amide bonds. The maximum Gasteiger partial charge on any atom is 0.244 e. The molecular formula is C16H16N2O3. The van der Waals surface area contributed by atoms with Crippen LogP contribution < -0.4 is 5.43 Å². The summed E-state index contributed by atoms with van der Waals surface area (Å²) in [5.41, 5.74) is 4.84. The van der Waals surface area contributed by atoms with E-state index in [4.69, 9.17) is 5.11 Å². The van der Waals surface area contributed by atoms with Crippen LogP contribution in [0.5, 0.6) is 11.5 Å². The Morgan fingerprint density at radius 3 is 2.57 bits per heavy atom. The van der Waals surface area contributed by atoms with E-state index in [2.05, 4.69) is 10.5 Å². The fourth-order valence-electron chi connectivity index (χ4n) is 1.75. The Bertz CT molecular complexity index is 664. The summed E-state index contributed by atoms with van der Waals surface area (Å²) in [5.74, 6) is -0.382. The molecule has 0 fully saturated rings. The summed E-state index contributed by atoms with van der Waals surface area (Å²) in [7, 11) is 0. The minimum absolute atomic E-state index is 0.0342. The SMILES string of the molecule is Cc1ccc(CC(=O)NN=Cc2ccc(O)cc2O)cc1. The largest absolute Gasteiger partial charge is 0.508 e. The number of hydrogen-bond acceptors (Lipinski definition) is 4. The number of carbonyl (C=O) groups is 1. The summed E-state index contributed by atoms with van der Waals surface area (Å²) in [6, 6.07) is 11.8. The molecule has 2 aromatic rings. The first kappa shape index (κ1) is 14.6. The summed E-state index contributed by atoms with van der Waals surface area (Å²) >= 11 is 0. The van der Waals surface area contributed by atoms with Crippen LogP contribution in [0.3, 0.4) is 0 Å². The van der Waals surface area contributed by atoms with Crippen molar-refractivity contribution in [2.24, 2.45) is 5.10 Å². The van der Waals surface area contributed by atoms with Crippen molar-refractivity contribution in [1.29, 1.82) is 0 Å². The van der Waals surface area contributed by atoms with E-state index in [1.807, 2.05) is 31.2 Å². The number of nitrogens with one attached hydrogen (secondary N) is 1. The van der Waals surface area contributed by atoms with Crippen LogP contribution >= 0.6 is 0 Å². The molecule has 0 aliphatic carbocycles. The van der Waals surface area contributed by atoms with Gasteiger partial charge in [-0.05, 0) is 24.6 Å². The molecule has 0 unspecified atom stereocenters. The Labute approximate surface area is 122 Å². The number of benzene rings is 2. The Balaban J connectivity index is 1.91. The lowest BCUT2D eigenvalue weighted by Crippen LogP contribution is -2.19. The predicted molar refractivity (Wildman–Crippen MR) is 80.4 cm³/mol. The lowest BCUT2D eigenvalue weighted by Gasteiger charge is -2.02. The van der Waals surface area contributed by atoms with Gasteiger partial charge in [-0.15, -0.1) is 0 Å². The molecule has 0 aromatic heterocycles. The van der Waals surface area contributed by atoms with Crippen LogP contribution in [-0.2, 0) is 11.2 Å². The molecule has 0 radical (unpaired) electrons. The molecule has 108 valence electrons. The number of aryl methyl sites for hydroxylation is 1. The quantitative estimate of drug-likeness (QED) is 0.594. The standard InChI is InChI=1S/C16H16N2O3/c1-11-2-4-12(5-3-11)8-16(21)18-17-10-13-6-7-14(19)9-15(13)20/h2-7,9-10,19-20H,8H2,1H3,(H,18,21). The van der Waals surface area contributed by atoms with E-state index in [9.17, 15) is 9.90 Å². The lowest BCUT2D eigenvalue weighted by atomic mass is 10.1. The number of nitrogens with zero attached hydrogens (tertiary/aromatic N) is 1. The molecule has 0 spiro atoms. The highest BCUT2D eigenvalue weighted by Crippen LogP contribution is 2.20. The molecular weight excluding hydrogens is 268 g/mol. The van der Waals surface area contributed by atoms with E-state index in [-0.39, 0.29) is 23.8 Å². The van der Waals surface area contributed by atoms with Crippen LogP contribution in [0.15, 0.2) is 47.6 Å². The highest BCUT2D eigenvalue weighted by atomic mass is 16.3. The van der Waals surface area contributed by atoms with E-state index < -0.39 is 0 Å². The highest BCUT2D eigenvalue weighted by Gasteiger charge is 2.02. The summed E-state index contributed by atoms with van der Waals surface area (Å²) in [4.78, 5) is 11.7. The summed E-state index contributed by atoms with van der Waals surface area (Å²) in [5, 5.41) is 22.5. The number of hydrazone groups is 1. The molecule has 5 nitrogen and oxygen atoms in total. The van der Waals surface area contributed by atoms with Gasteiger partial charge in [0, 0.05) is 11.6 Å². The van der Waals surface area contributed by atoms with Gasteiger partial charge in [-0.2, -0.15) is 5.10 Å². The predicted octanol–water partition coefficient (Wildman–Crippen LogP) is 2.10. The van der Waals surface area contributed by atoms with Gasteiger partial charge in [-0.3, -0.25) is 4.79 Å². The average Bonchev–Trinajstić information content (AvgIpc) is 2.44. The van der Waals surface area contributed by atoms with Crippen molar-refractivity contribution in [3.05, 3.63) is 59.2 Å². The number of carbonyl (C=O) groups excluding carboxylic acids is 1. The molecule has 0 saturated carbocycles. The first-order valence-electron chi connectivity index (χ1n) is 6.44. The van der Waals surface area contributed by atoms with Crippen molar-refractivity contribution >= 4 is 12.1 Å². The van der Waals surface area contributed by atoms with Crippen molar-refractivity contribution in [3.8, 4) is 11.5 Å². The Hall–Kier alpha value is -2.82. The van der Waals surface area contributed by atoms with Gasteiger partial charge in [-0.25, -0.2) is 5.43 Å². The number of amides is 1. The third-order valence-electron chi connectivity index (χ3n) is 2.89. The molecule has 0 saturated heterocycles. The first-order chi connectivity index (χ1) is 10.0. The second kappa shape index (κ2) is 6.56. The van der Waals surface area contributed by atoms with Gasteiger partial charge in [-0.1, -0.05) is 29.8 Å². The molecule has 0 aliphatic rings. The normalized spacial score (nSPS) is 10.7. The summed E-state index contributed by atoms with van der Waals surface area (Å²) in [6.07, 6.45) is 1.56. The van der Waals surface area contributed by atoms with Gasteiger partial charge >= 0.3 is 0 Å². The number of phenols is 2. The minimum Gasteiger partial charge on any atom is -0.508 e. The lowest BCUT2D eigenvalue weighted by molar-refractivity contribution is -0.120. The van der Waals surface area contributed by atoms with Gasteiger partial charge in [0.1, 0.15) is 11.5 Å². The van der Waals surface area contributed by atoms with Crippen molar-refractivity contribution in [1.82, 2.24) is 5.43 Å². The molecule has 0 aliphatic heterocycles. The molecule has 0 heterocycles. The summed E-state index contributed by atoms with van der Waals surface area (Å²) < 4.78 is 0. The minimum atomic E-state index is -0.242. The zero-order valence-corrected chi connectivity index (χ0v) is 11.6. The second-order valence-electron chi connectivity index (χ2n) is 4.70. The maximum absolute atomic E-state index is 11.7. The Kier molecular flexibility index (Phi) is 4.56. The molecule has 2 aromatic carbocycles. The average molecular weight is 284 g/mol. The van der Waals surface area contributed by atoms with Crippen LogP contribution in [-0.4, -0.2) is 22.3 Å². The van der Waals surface area contributed by atoms with Crippen molar-refractivity contribution in [3.63, 3.8) is 0 Å².